The Labute approximate surface area is 186 Å². The van der Waals surface area contributed by atoms with Gasteiger partial charge in [0.1, 0.15) is 12.1 Å². The van der Waals surface area contributed by atoms with Gasteiger partial charge < -0.3 is 14.6 Å². The van der Waals surface area contributed by atoms with Crippen LogP contribution in [-0.2, 0) is 5.75 Å². The Bertz CT molecular complexity index is 1020. The van der Waals surface area contributed by atoms with Crippen molar-refractivity contribution in [3.05, 3.63) is 53.5 Å². The quantitative estimate of drug-likeness (QED) is 0.537. The topological polar surface area (TPSA) is 89.1 Å². The van der Waals surface area contributed by atoms with Gasteiger partial charge in [0, 0.05) is 18.8 Å². The molecule has 31 heavy (non-hydrogen) atoms. The van der Waals surface area contributed by atoms with Gasteiger partial charge in [-0.3, -0.25) is 9.36 Å². The number of hydrogen-bond donors (Lipinski definition) is 1. The first kappa shape index (κ1) is 21.6. The van der Waals surface area contributed by atoms with E-state index in [0.717, 1.165) is 36.3 Å². The molecule has 1 aromatic carbocycles. The van der Waals surface area contributed by atoms with Crippen molar-refractivity contribution in [3.8, 4) is 5.69 Å². The van der Waals surface area contributed by atoms with Gasteiger partial charge in [-0.1, -0.05) is 30.3 Å². The molecule has 1 fully saturated rings. The first-order valence-electron chi connectivity index (χ1n) is 10.7. The second-order valence-corrected chi connectivity index (χ2v) is 8.72. The fraction of sp³-hybridized carbons (Fsp3) is 0.455. The van der Waals surface area contributed by atoms with E-state index < -0.39 is 0 Å². The van der Waals surface area contributed by atoms with Crippen LogP contribution in [0.2, 0.25) is 0 Å². The molecule has 0 aliphatic carbocycles. The normalized spacial score (nSPS) is 14.6. The van der Waals surface area contributed by atoms with Crippen LogP contribution in [0.1, 0.15) is 47.0 Å². The van der Waals surface area contributed by atoms with Crippen LogP contribution < -0.4 is 5.32 Å². The molecule has 4 rings (SSSR count). The summed E-state index contributed by atoms with van der Waals surface area (Å²) in [7, 11) is 0. The zero-order valence-corrected chi connectivity index (χ0v) is 18.8. The van der Waals surface area contributed by atoms with Crippen LogP contribution in [0.25, 0.3) is 5.69 Å². The van der Waals surface area contributed by atoms with Crippen LogP contribution in [0.4, 0.5) is 0 Å². The van der Waals surface area contributed by atoms with E-state index >= 15 is 0 Å². The number of hydrogen-bond acceptors (Lipinski definition) is 7. The lowest BCUT2D eigenvalue weighted by Gasteiger charge is -2.26. The monoisotopic (exact) mass is 440 g/mol. The Morgan fingerprint density at radius 2 is 2.03 bits per heavy atom. The van der Waals surface area contributed by atoms with E-state index in [1.54, 1.807) is 0 Å². The maximum atomic E-state index is 12.4. The molecule has 0 saturated carbocycles. The maximum Gasteiger partial charge on any atom is 0.273 e. The van der Waals surface area contributed by atoms with Gasteiger partial charge in [0.2, 0.25) is 5.89 Å². The molecular weight excluding hydrogens is 412 g/mol. The van der Waals surface area contributed by atoms with Gasteiger partial charge in [-0.2, -0.15) is 0 Å². The van der Waals surface area contributed by atoms with Gasteiger partial charge in [-0.15, -0.1) is 10.2 Å². The first-order valence-corrected chi connectivity index (χ1v) is 11.7. The summed E-state index contributed by atoms with van der Waals surface area (Å²) in [6.45, 7) is 7.72. The molecule has 164 valence electrons. The van der Waals surface area contributed by atoms with E-state index in [2.05, 4.69) is 44.5 Å². The van der Waals surface area contributed by atoms with Crippen LogP contribution in [0.5, 0.6) is 0 Å². The number of nitrogens with zero attached hydrogens (tertiary/aromatic N) is 5. The predicted octanol–water partition coefficient (Wildman–Crippen LogP) is 3.38. The number of likely N-dealkylation sites (tertiary alicyclic amines) is 1. The van der Waals surface area contributed by atoms with Gasteiger partial charge in [0.05, 0.1) is 5.75 Å². The summed E-state index contributed by atoms with van der Waals surface area (Å²) in [6.07, 6.45) is 5.22. The minimum absolute atomic E-state index is 0.198. The lowest BCUT2D eigenvalue weighted by atomic mass is 10.1. The lowest BCUT2D eigenvalue weighted by molar-refractivity contribution is 0.0941. The van der Waals surface area contributed by atoms with Crippen molar-refractivity contribution in [2.45, 2.75) is 44.0 Å². The molecule has 3 heterocycles. The first-order chi connectivity index (χ1) is 15.1. The van der Waals surface area contributed by atoms with Crippen molar-refractivity contribution >= 4 is 17.7 Å². The smallest absolute Gasteiger partial charge is 0.273 e. The number of thioether (sulfide) groups is 1. The molecule has 0 bridgehead atoms. The van der Waals surface area contributed by atoms with E-state index in [4.69, 9.17) is 4.42 Å². The fourth-order valence-corrected chi connectivity index (χ4v) is 4.56. The molecule has 0 spiro atoms. The highest BCUT2D eigenvalue weighted by Crippen LogP contribution is 2.25. The van der Waals surface area contributed by atoms with Crippen molar-refractivity contribution in [2.24, 2.45) is 0 Å². The number of aromatic nitrogens is 4. The summed E-state index contributed by atoms with van der Waals surface area (Å²) >= 11 is 1.48. The highest BCUT2D eigenvalue weighted by atomic mass is 32.2. The second kappa shape index (κ2) is 10.1. The summed E-state index contributed by atoms with van der Waals surface area (Å²) in [5.74, 6) is 1.57. The van der Waals surface area contributed by atoms with E-state index in [9.17, 15) is 4.79 Å². The molecular formula is C22H28N6O2S. The molecule has 0 radical (unpaired) electrons. The number of amides is 1. The summed E-state index contributed by atoms with van der Waals surface area (Å²) in [4.78, 5) is 19.1. The molecule has 2 aromatic heterocycles. The molecule has 0 atom stereocenters. The van der Waals surface area contributed by atoms with Gasteiger partial charge >= 0.3 is 0 Å². The average molecular weight is 441 g/mol. The molecule has 9 heteroatoms. The van der Waals surface area contributed by atoms with E-state index in [1.807, 2.05) is 23.6 Å². The number of carbonyl (C=O) groups is 1. The average Bonchev–Trinajstić information content (AvgIpc) is 3.39. The highest BCUT2D eigenvalue weighted by molar-refractivity contribution is 7.98. The lowest BCUT2D eigenvalue weighted by Crippen LogP contribution is -2.37. The van der Waals surface area contributed by atoms with E-state index in [1.165, 1.54) is 42.9 Å². The number of oxazole rings is 1. The summed E-state index contributed by atoms with van der Waals surface area (Å²) in [5, 5.41) is 12.2. The van der Waals surface area contributed by atoms with E-state index in [0.29, 0.717) is 23.9 Å². The molecule has 1 N–H and O–H groups in total. The Morgan fingerprint density at radius 3 is 2.84 bits per heavy atom. The van der Waals surface area contributed by atoms with Gasteiger partial charge in [0.25, 0.3) is 5.91 Å². The standard InChI is InChI=1S/C22H28N6O2S/c1-16-7-6-8-18(13-16)28-17(2)25-26-22(28)31-15-20-24-19(14-30-20)21(29)23-9-12-27-10-4-3-5-11-27/h6-8,13-14H,3-5,9-12,15H2,1-2H3,(H,23,29). The predicted molar refractivity (Wildman–Crippen MR) is 120 cm³/mol. The second-order valence-electron chi connectivity index (χ2n) is 7.78. The summed E-state index contributed by atoms with van der Waals surface area (Å²) in [5.41, 5.74) is 2.50. The van der Waals surface area contributed by atoms with Crippen LogP contribution in [-0.4, -0.2) is 56.7 Å². The Balaban J connectivity index is 1.32. The zero-order valence-electron chi connectivity index (χ0n) is 18.0. The van der Waals surface area contributed by atoms with Gasteiger partial charge in [-0.05, 0) is 57.5 Å². The Hall–Kier alpha value is -2.65. The molecule has 1 aliphatic rings. The molecule has 1 aliphatic heterocycles. The van der Waals surface area contributed by atoms with Crippen molar-refractivity contribution < 1.29 is 9.21 Å². The highest BCUT2D eigenvalue weighted by Gasteiger charge is 2.16. The van der Waals surface area contributed by atoms with Crippen molar-refractivity contribution in [3.63, 3.8) is 0 Å². The molecule has 0 unspecified atom stereocenters. The number of rotatable bonds is 8. The number of nitrogens with one attached hydrogen (secondary N) is 1. The van der Waals surface area contributed by atoms with Gasteiger partial charge in [-0.25, -0.2) is 4.98 Å². The fourth-order valence-electron chi connectivity index (χ4n) is 3.71. The maximum absolute atomic E-state index is 12.4. The largest absolute Gasteiger partial charge is 0.447 e. The third kappa shape index (κ3) is 5.54. The van der Waals surface area contributed by atoms with Gasteiger partial charge in [0.15, 0.2) is 10.9 Å². The SMILES string of the molecule is Cc1cccc(-n2c(C)nnc2SCc2nc(C(=O)NCCN3CCCCC3)co2)c1. The van der Waals surface area contributed by atoms with Crippen molar-refractivity contribution in [2.75, 3.05) is 26.2 Å². The van der Waals surface area contributed by atoms with Crippen LogP contribution >= 0.6 is 11.8 Å². The molecule has 3 aromatic rings. The van der Waals surface area contributed by atoms with Crippen molar-refractivity contribution in [1.82, 2.24) is 30.0 Å². The summed E-state index contributed by atoms with van der Waals surface area (Å²) in [6, 6.07) is 8.20. The van der Waals surface area contributed by atoms with Crippen LogP contribution in [0, 0.1) is 13.8 Å². The van der Waals surface area contributed by atoms with Crippen LogP contribution in [0.15, 0.2) is 40.1 Å². The van der Waals surface area contributed by atoms with E-state index in [-0.39, 0.29) is 5.91 Å². The Kier molecular flexibility index (Phi) is 7.03. The van der Waals surface area contributed by atoms with Crippen LogP contribution in [0.3, 0.4) is 0 Å². The minimum Gasteiger partial charge on any atom is -0.447 e. The number of piperidine rings is 1. The molecule has 1 amide bonds. The summed E-state index contributed by atoms with van der Waals surface area (Å²) < 4.78 is 7.52. The minimum atomic E-state index is -0.198. The van der Waals surface area contributed by atoms with Crippen molar-refractivity contribution in [1.29, 1.82) is 0 Å². The molecule has 8 nitrogen and oxygen atoms in total. The third-order valence-corrected chi connectivity index (χ3v) is 6.24. The number of benzene rings is 1. The number of aryl methyl sites for hydroxylation is 2. The Morgan fingerprint density at radius 1 is 1.19 bits per heavy atom. The molecule has 1 saturated heterocycles. The zero-order chi connectivity index (χ0) is 21.6. The number of carbonyl (C=O) groups excluding carboxylic acids is 1. The third-order valence-electron chi connectivity index (χ3n) is 5.33.